The fourth-order valence-corrected chi connectivity index (χ4v) is 2.26. The lowest BCUT2D eigenvalue weighted by molar-refractivity contribution is 0.303. The van der Waals surface area contributed by atoms with Gasteiger partial charge >= 0.3 is 0 Å². The van der Waals surface area contributed by atoms with E-state index in [4.69, 9.17) is 21.5 Å². The highest BCUT2D eigenvalue weighted by Crippen LogP contribution is 2.30. The molecule has 116 valence electrons. The minimum atomic E-state index is 0.132. The van der Waals surface area contributed by atoms with Crippen molar-refractivity contribution in [3.63, 3.8) is 0 Å². The molecule has 3 aromatic rings. The molecule has 3 rings (SSSR count). The van der Waals surface area contributed by atoms with Gasteiger partial charge in [0, 0.05) is 17.5 Å². The molecule has 1 heterocycles. The zero-order chi connectivity index (χ0) is 16.2. The second kappa shape index (κ2) is 6.54. The van der Waals surface area contributed by atoms with Crippen molar-refractivity contribution in [3.8, 4) is 22.7 Å². The van der Waals surface area contributed by atoms with Crippen LogP contribution in [0.15, 0.2) is 65.9 Å². The molecule has 0 amide bonds. The molecule has 0 aliphatic carbocycles. The normalized spacial score (nSPS) is 11.5. The summed E-state index contributed by atoms with van der Waals surface area (Å²) in [5.41, 5.74) is 2.38. The first-order valence-electron chi connectivity index (χ1n) is 6.95. The van der Waals surface area contributed by atoms with Crippen LogP contribution in [0, 0.1) is 0 Å². The van der Waals surface area contributed by atoms with Crippen LogP contribution in [0.3, 0.4) is 0 Å². The van der Waals surface area contributed by atoms with Gasteiger partial charge in [-0.3, -0.25) is 0 Å². The van der Waals surface area contributed by atoms with Crippen LogP contribution in [0.1, 0.15) is 6.92 Å². The number of ether oxygens (including phenoxy) is 1. The largest absolute Gasteiger partial charge is 0.436 e. The monoisotopic (exact) mass is 327 g/mol. The van der Waals surface area contributed by atoms with Gasteiger partial charge in [-0.05, 0) is 24.3 Å². The Morgan fingerprint density at radius 1 is 1.13 bits per heavy atom. The van der Waals surface area contributed by atoms with E-state index >= 15 is 0 Å². The van der Waals surface area contributed by atoms with Gasteiger partial charge in [-0.15, -0.1) is 0 Å². The predicted molar refractivity (Wildman–Crippen MR) is 89.5 cm³/mol. The van der Waals surface area contributed by atoms with Crippen molar-refractivity contribution in [2.75, 3.05) is 0 Å². The lowest BCUT2D eigenvalue weighted by Gasteiger charge is -2.03. The summed E-state index contributed by atoms with van der Waals surface area (Å²) in [5.74, 6) is 0.624. The smallest absolute Gasteiger partial charge is 0.228 e. The number of nitrogens with zero attached hydrogens (tertiary/aromatic N) is 3. The quantitative estimate of drug-likeness (QED) is 0.336. The SMILES string of the molecule is C/C(=N\O)Oc1cn(-c2ccccc2)nc1-c1ccc(Cl)cc1. The number of para-hydroxylation sites is 1. The standard InChI is InChI=1S/C17H14ClN3O2/c1-12(20-22)23-16-11-21(15-5-3-2-4-6-15)19-17(16)13-7-9-14(18)10-8-13/h2-11,22H,1H3/b20-12+. The minimum Gasteiger partial charge on any atom is -0.436 e. The first kappa shape index (κ1) is 15.1. The number of hydrogen-bond acceptors (Lipinski definition) is 4. The molecule has 0 fully saturated rings. The molecule has 0 radical (unpaired) electrons. The zero-order valence-corrected chi connectivity index (χ0v) is 13.1. The van der Waals surface area contributed by atoms with Crippen molar-refractivity contribution < 1.29 is 9.94 Å². The molecule has 0 spiro atoms. The summed E-state index contributed by atoms with van der Waals surface area (Å²) in [4.78, 5) is 0. The van der Waals surface area contributed by atoms with E-state index in [1.165, 1.54) is 0 Å². The first-order chi connectivity index (χ1) is 11.2. The van der Waals surface area contributed by atoms with Crippen LogP contribution in [-0.2, 0) is 0 Å². The van der Waals surface area contributed by atoms with Gasteiger partial charge in [0.15, 0.2) is 5.75 Å². The Bertz CT molecular complexity index is 827. The third-order valence-electron chi connectivity index (χ3n) is 3.22. The predicted octanol–water partition coefficient (Wildman–Crippen LogP) is 4.38. The van der Waals surface area contributed by atoms with Crippen molar-refractivity contribution in [2.24, 2.45) is 5.16 Å². The Morgan fingerprint density at radius 3 is 2.48 bits per heavy atom. The van der Waals surface area contributed by atoms with E-state index in [-0.39, 0.29) is 5.90 Å². The summed E-state index contributed by atoms with van der Waals surface area (Å²) in [7, 11) is 0. The molecule has 0 aliphatic heterocycles. The number of benzene rings is 2. The molecule has 0 unspecified atom stereocenters. The topological polar surface area (TPSA) is 59.6 Å². The maximum Gasteiger partial charge on any atom is 0.228 e. The Balaban J connectivity index is 2.08. The molecule has 0 atom stereocenters. The van der Waals surface area contributed by atoms with Crippen LogP contribution in [-0.4, -0.2) is 20.9 Å². The number of hydrogen-bond donors (Lipinski definition) is 1. The van der Waals surface area contributed by atoms with Gasteiger partial charge in [-0.1, -0.05) is 47.1 Å². The van der Waals surface area contributed by atoms with E-state index < -0.39 is 0 Å². The van der Waals surface area contributed by atoms with Crippen LogP contribution in [0.25, 0.3) is 16.9 Å². The summed E-state index contributed by atoms with van der Waals surface area (Å²) in [6.45, 7) is 1.56. The molecule has 6 heteroatoms. The molecule has 0 saturated carbocycles. The fourth-order valence-electron chi connectivity index (χ4n) is 2.13. The van der Waals surface area contributed by atoms with Gasteiger partial charge < -0.3 is 9.94 Å². The Morgan fingerprint density at radius 2 is 1.83 bits per heavy atom. The average molecular weight is 328 g/mol. The summed E-state index contributed by atoms with van der Waals surface area (Å²) < 4.78 is 7.28. The third-order valence-corrected chi connectivity index (χ3v) is 3.47. The lowest BCUT2D eigenvalue weighted by atomic mass is 10.1. The molecule has 5 nitrogen and oxygen atoms in total. The molecule has 1 aromatic heterocycles. The molecular weight excluding hydrogens is 314 g/mol. The van der Waals surface area contributed by atoms with E-state index in [1.54, 1.807) is 29.9 Å². The maximum atomic E-state index is 8.84. The second-order valence-corrected chi connectivity index (χ2v) is 5.29. The number of halogens is 1. The van der Waals surface area contributed by atoms with Gasteiger partial charge in [-0.2, -0.15) is 5.10 Å². The third kappa shape index (κ3) is 3.35. The van der Waals surface area contributed by atoms with Crippen LogP contribution in [0.4, 0.5) is 0 Å². The molecule has 23 heavy (non-hydrogen) atoms. The van der Waals surface area contributed by atoms with Gasteiger partial charge in [0.05, 0.1) is 11.9 Å². The molecule has 0 aliphatic rings. The summed E-state index contributed by atoms with van der Waals surface area (Å²) in [5, 5.41) is 17.1. The van der Waals surface area contributed by atoms with Crippen molar-refractivity contribution in [1.82, 2.24) is 9.78 Å². The van der Waals surface area contributed by atoms with Crippen molar-refractivity contribution in [1.29, 1.82) is 0 Å². The van der Waals surface area contributed by atoms with Crippen LogP contribution in [0.5, 0.6) is 5.75 Å². The fraction of sp³-hybridized carbons (Fsp3) is 0.0588. The Kier molecular flexibility index (Phi) is 4.30. The van der Waals surface area contributed by atoms with Gasteiger partial charge in [0.25, 0.3) is 0 Å². The van der Waals surface area contributed by atoms with Crippen LogP contribution < -0.4 is 4.74 Å². The highest BCUT2D eigenvalue weighted by atomic mass is 35.5. The van der Waals surface area contributed by atoms with E-state index in [9.17, 15) is 0 Å². The summed E-state index contributed by atoms with van der Waals surface area (Å²) in [6.07, 6.45) is 1.74. The molecule has 1 N–H and O–H groups in total. The number of aromatic nitrogens is 2. The van der Waals surface area contributed by atoms with E-state index in [1.807, 2.05) is 42.5 Å². The molecule has 0 bridgehead atoms. The lowest BCUT2D eigenvalue weighted by Crippen LogP contribution is -2.02. The summed E-state index contributed by atoms with van der Waals surface area (Å²) >= 11 is 5.94. The van der Waals surface area contributed by atoms with E-state index in [2.05, 4.69) is 10.3 Å². The van der Waals surface area contributed by atoms with Gasteiger partial charge in [0.1, 0.15) is 5.69 Å². The maximum absolute atomic E-state index is 8.84. The Labute approximate surface area is 138 Å². The van der Waals surface area contributed by atoms with E-state index in [0.29, 0.717) is 16.5 Å². The van der Waals surface area contributed by atoms with Gasteiger partial charge in [-0.25, -0.2) is 4.68 Å². The minimum absolute atomic E-state index is 0.132. The number of oxime groups is 1. The molecule has 2 aromatic carbocycles. The second-order valence-electron chi connectivity index (χ2n) is 4.85. The van der Waals surface area contributed by atoms with Crippen LogP contribution >= 0.6 is 11.6 Å². The zero-order valence-electron chi connectivity index (χ0n) is 12.3. The first-order valence-corrected chi connectivity index (χ1v) is 7.32. The molecular formula is C17H14ClN3O2. The highest BCUT2D eigenvalue weighted by molar-refractivity contribution is 6.30. The van der Waals surface area contributed by atoms with Crippen molar-refractivity contribution >= 4 is 17.5 Å². The number of rotatable bonds is 3. The summed E-state index contributed by atoms with van der Waals surface area (Å²) in [6, 6.07) is 17.0. The highest BCUT2D eigenvalue weighted by Gasteiger charge is 2.15. The van der Waals surface area contributed by atoms with Crippen LogP contribution in [0.2, 0.25) is 5.02 Å². The van der Waals surface area contributed by atoms with E-state index in [0.717, 1.165) is 11.3 Å². The van der Waals surface area contributed by atoms with Gasteiger partial charge in [0.2, 0.25) is 5.90 Å². The average Bonchev–Trinajstić information content (AvgIpc) is 3.00. The Hall–Kier alpha value is -2.79. The van der Waals surface area contributed by atoms with Crippen molar-refractivity contribution in [3.05, 3.63) is 65.8 Å². The molecule has 0 saturated heterocycles. The van der Waals surface area contributed by atoms with Crippen molar-refractivity contribution in [2.45, 2.75) is 6.92 Å².